The first-order valence-corrected chi connectivity index (χ1v) is 7.66. The maximum atomic E-state index is 13.7. The van der Waals surface area contributed by atoms with E-state index in [4.69, 9.17) is 9.47 Å². The number of rotatable bonds is 5. The van der Waals surface area contributed by atoms with Crippen molar-refractivity contribution in [3.63, 3.8) is 0 Å². The van der Waals surface area contributed by atoms with Crippen molar-refractivity contribution < 1.29 is 13.9 Å². The molecule has 1 aliphatic rings. The number of benzene rings is 1. The fourth-order valence-electron chi connectivity index (χ4n) is 2.32. The van der Waals surface area contributed by atoms with Gasteiger partial charge in [0.25, 0.3) is 0 Å². The van der Waals surface area contributed by atoms with Crippen LogP contribution in [0.5, 0.6) is 5.75 Å². The molecule has 0 fully saturated rings. The van der Waals surface area contributed by atoms with Crippen molar-refractivity contribution in [3.05, 3.63) is 29.1 Å². The molecule has 1 aromatic rings. The van der Waals surface area contributed by atoms with Crippen LogP contribution in [-0.2, 0) is 17.8 Å². The number of nitrogens with zero attached hydrogens (tertiary/aromatic N) is 1. The first-order valence-electron chi connectivity index (χ1n) is 7.66. The summed E-state index contributed by atoms with van der Waals surface area (Å²) in [5.41, 5.74) is 1.60. The molecule has 0 spiro atoms. The maximum absolute atomic E-state index is 13.7. The highest BCUT2D eigenvalue weighted by Gasteiger charge is 2.16. The van der Waals surface area contributed by atoms with Gasteiger partial charge in [-0.25, -0.2) is 4.39 Å². The highest BCUT2D eigenvalue weighted by molar-refractivity contribution is 5.79. The quantitative estimate of drug-likeness (QED) is 0.647. The zero-order valence-electron chi connectivity index (χ0n) is 13.4. The van der Waals surface area contributed by atoms with Gasteiger partial charge in [0.05, 0.1) is 6.61 Å². The number of aliphatic imine (C=N–C) groups is 1. The smallest absolute Gasteiger partial charge is 0.191 e. The standard InChI is InChI=1S/C16H24FN3O2/c1-4-18-16(20-11(2)3)19-6-5-12-7-14(17)8-13-9-21-10-22-15(12)13/h7-8,11H,4-6,9-10H2,1-3H3,(H2,18,19,20). The highest BCUT2D eigenvalue weighted by atomic mass is 19.1. The van der Waals surface area contributed by atoms with Crippen LogP contribution in [0.15, 0.2) is 17.1 Å². The summed E-state index contributed by atoms with van der Waals surface area (Å²) in [7, 11) is 0. The zero-order chi connectivity index (χ0) is 15.9. The summed E-state index contributed by atoms with van der Waals surface area (Å²) in [6, 6.07) is 3.29. The monoisotopic (exact) mass is 309 g/mol. The molecule has 5 nitrogen and oxygen atoms in total. The van der Waals surface area contributed by atoms with Gasteiger partial charge < -0.3 is 20.1 Å². The van der Waals surface area contributed by atoms with Crippen LogP contribution in [0.4, 0.5) is 4.39 Å². The third kappa shape index (κ3) is 4.59. The summed E-state index contributed by atoms with van der Waals surface area (Å²) in [5.74, 6) is 1.25. The average molecular weight is 309 g/mol. The number of hydrogen-bond acceptors (Lipinski definition) is 3. The number of nitrogens with one attached hydrogen (secondary N) is 2. The SMILES string of the molecule is CCNC(=NCCc1cc(F)cc2c1OCOC2)NC(C)C. The third-order valence-corrected chi connectivity index (χ3v) is 3.17. The van der Waals surface area contributed by atoms with E-state index < -0.39 is 0 Å². The van der Waals surface area contributed by atoms with E-state index in [0.29, 0.717) is 25.6 Å². The zero-order valence-corrected chi connectivity index (χ0v) is 13.4. The molecule has 0 atom stereocenters. The molecular weight excluding hydrogens is 285 g/mol. The van der Waals surface area contributed by atoms with Gasteiger partial charge in [-0.3, -0.25) is 4.99 Å². The molecule has 0 amide bonds. The summed E-state index contributed by atoms with van der Waals surface area (Å²) in [6.07, 6.45) is 0.620. The minimum atomic E-state index is -0.265. The average Bonchev–Trinajstić information content (AvgIpc) is 2.46. The minimum absolute atomic E-state index is 0.215. The van der Waals surface area contributed by atoms with E-state index in [1.54, 1.807) is 0 Å². The second-order valence-electron chi connectivity index (χ2n) is 5.47. The van der Waals surface area contributed by atoms with Gasteiger partial charge >= 0.3 is 0 Å². The van der Waals surface area contributed by atoms with Crippen molar-refractivity contribution in [2.45, 2.75) is 39.8 Å². The molecule has 2 N–H and O–H groups in total. The molecule has 1 heterocycles. The molecule has 22 heavy (non-hydrogen) atoms. The van der Waals surface area contributed by atoms with Gasteiger partial charge in [-0.05, 0) is 44.9 Å². The highest BCUT2D eigenvalue weighted by Crippen LogP contribution is 2.29. The van der Waals surface area contributed by atoms with E-state index in [1.165, 1.54) is 12.1 Å². The van der Waals surface area contributed by atoms with Crippen LogP contribution in [0, 0.1) is 5.82 Å². The summed E-state index contributed by atoms with van der Waals surface area (Å²) in [6.45, 7) is 8.10. The Hall–Kier alpha value is -1.82. The van der Waals surface area contributed by atoms with Crippen molar-refractivity contribution >= 4 is 5.96 Å². The Kier molecular flexibility index (Phi) is 6.00. The van der Waals surface area contributed by atoms with Crippen molar-refractivity contribution in [1.82, 2.24) is 10.6 Å². The van der Waals surface area contributed by atoms with E-state index in [2.05, 4.69) is 29.5 Å². The summed E-state index contributed by atoms with van der Waals surface area (Å²) in [5, 5.41) is 6.44. The van der Waals surface area contributed by atoms with Crippen molar-refractivity contribution in [3.8, 4) is 5.75 Å². The van der Waals surface area contributed by atoms with Crippen LogP contribution in [0.1, 0.15) is 31.9 Å². The van der Waals surface area contributed by atoms with Gasteiger partial charge in [-0.2, -0.15) is 0 Å². The van der Waals surface area contributed by atoms with Crippen LogP contribution in [0.3, 0.4) is 0 Å². The van der Waals surface area contributed by atoms with Crippen LogP contribution in [0.25, 0.3) is 0 Å². The van der Waals surface area contributed by atoms with Gasteiger partial charge in [0.15, 0.2) is 12.8 Å². The molecule has 0 radical (unpaired) electrons. The molecule has 2 rings (SSSR count). The van der Waals surface area contributed by atoms with Gasteiger partial charge in [0.2, 0.25) is 0 Å². The number of hydrogen-bond donors (Lipinski definition) is 2. The fraction of sp³-hybridized carbons (Fsp3) is 0.562. The molecule has 0 bridgehead atoms. The van der Waals surface area contributed by atoms with E-state index >= 15 is 0 Å². The number of halogens is 1. The molecule has 0 saturated heterocycles. The lowest BCUT2D eigenvalue weighted by atomic mass is 10.1. The first kappa shape index (κ1) is 16.5. The van der Waals surface area contributed by atoms with E-state index in [0.717, 1.165) is 29.4 Å². The van der Waals surface area contributed by atoms with Crippen LogP contribution in [0.2, 0.25) is 0 Å². The molecule has 1 aromatic carbocycles. The minimum Gasteiger partial charge on any atom is -0.467 e. The van der Waals surface area contributed by atoms with Gasteiger partial charge in [-0.15, -0.1) is 0 Å². The third-order valence-electron chi connectivity index (χ3n) is 3.17. The van der Waals surface area contributed by atoms with Crippen LogP contribution in [-0.4, -0.2) is 31.9 Å². The molecule has 0 aliphatic carbocycles. The number of guanidine groups is 1. The first-order chi connectivity index (χ1) is 10.6. The normalized spacial score (nSPS) is 14.5. The second kappa shape index (κ2) is 7.98. The Bertz CT molecular complexity index is 532. The Labute approximate surface area is 130 Å². The predicted octanol–water partition coefficient (Wildman–Crippen LogP) is 2.20. The van der Waals surface area contributed by atoms with E-state index in [-0.39, 0.29) is 12.6 Å². The summed E-state index contributed by atoms with van der Waals surface area (Å²) in [4.78, 5) is 4.51. The topological polar surface area (TPSA) is 54.9 Å². The van der Waals surface area contributed by atoms with Gasteiger partial charge in [0, 0.05) is 24.7 Å². The molecule has 122 valence electrons. The Balaban J connectivity index is 2.05. The van der Waals surface area contributed by atoms with Gasteiger partial charge in [0.1, 0.15) is 11.6 Å². The largest absolute Gasteiger partial charge is 0.467 e. The van der Waals surface area contributed by atoms with E-state index in [1.807, 2.05) is 6.92 Å². The Morgan fingerprint density at radius 3 is 2.95 bits per heavy atom. The van der Waals surface area contributed by atoms with Crippen molar-refractivity contribution in [2.24, 2.45) is 4.99 Å². The molecule has 0 aromatic heterocycles. The predicted molar refractivity (Wildman–Crippen MR) is 84.6 cm³/mol. The Morgan fingerprint density at radius 2 is 2.23 bits per heavy atom. The molecule has 6 heteroatoms. The molecule has 0 saturated carbocycles. The molecule has 1 aliphatic heterocycles. The summed E-state index contributed by atoms with van der Waals surface area (Å²) < 4.78 is 24.4. The van der Waals surface area contributed by atoms with E-state index in [9.17, 15) is 4.39 Å². The number of ether oxygens (including phenoxy) is 2. The second-order valence-corrected chi connectivity index (χ2v) is 5.47. The van der Waals surface area contributed by atoms with Crippen LogP contribution < -0.4 is 15.4 Å². The van der Waals surface area contributed by atoms with Crippen molar-refractivity contribution in [1.29, 1.82) is 0 Å². The molecule has 0 unspecified atom stereocenters. The fourth-order valence-corrected chi connectivity index (χ4v) is 2.32. The number of fused-ring (bicyclic) bond motifs is 1. The van der Waals surface area contributed by atoms with Crippen LogP contribution >= 0.6 is 0 Å². The molecular formula is C16H24FN3O2. The maximum Gasteiger partial charge on any atom is 0.191 e. The lowest BCUT2D eigenvalue weighted by Gasteiger charge is -2.20. The van der Waals surface area contributed by atoms with Gasteiger partial charge in [-0.1, -0.05) is 0 Å². The van der Waals surface area contributed by atoms with Crippen molar-refractivity contribution in [2.75, 3.05) is 19.9 Å². The Morgan fingerprint density at radius 1 is 1.41 bits per heavy atom. The lowest BCUT2D eigenvalue weighted by Crippen LogP contribution is -2.41. The summed E-state index contributed by atoms with van der Waals surface area (Å²) >= 11 is 0. The lowest BCUT2D eigenvalue weighted by molar-refractivity contribution is -0.0172.